The van der Waals surface area contributed by atoms with E-state index in [1.807, 2.05) is 45.9 Å². The second-order valence-corrected chi connectivity index (χ2v) is 14.9. The molecule has 0 aliphatic carbocycles. The summed E-state index contributed by atoms with van der Waals surface area (Å²) in [5.74, 6) is -0.473. The highest BCUT2D eigenvalue weighted by Crippen LogP contribution is 2.36. The van der Waals surface area contributed by atoms with Crippen molar-refractivity contribution in [2.75, 3.05) is 46.4 Å². The Balaban J connectivity index is 1.63. The number of nitrogens with zero attached hydrogens (tertiary/aromatic N) is 1. The molecule has 1 amide bonds. The van der Waals surface area contributed by atoms with Gasteiger partial charge in [-0.1, -0.05) is 52.0 Å². The smallest absolute Gasteiger partial charge is 0.407 e. The quantitative estimate of drug-likeness (QED) is 0.0566. The lowest BCUT2D eigenvalue weighted by Gasteiger charge is -2.37. The van der Waals surface area contributed by atoms with Crippen molar-refractivity contribution in [1.29, 1.82) is 0 Å². The molecule has 3 aliphatic rings. The van der Waals surface area contributed by atoms with E-state index in [1.165, 1.54) is 0 Å². The average Bonchev–Trinajstić information content (AvgIpc) is 3.80. The molecule has 0 aromatic carbocycles. The first-order chi connectivity index (χ1) is 22.6. The lowest BCUT2D eigenvalue weighted by molar-refractivity contribution is -0.916. The number of carbonyl (C=O) groups excluding carboxylic acids is 2. The van der Waals surface area contributed by atoms with E-state index in [9.17, 15) is 24.9 Å². The first kappa shape index (κ1) is 40.2. The van der Waals surface area contributed by atoms with Crippen LogP contribution in [-0.4, -0.2) is 121 Å². The number of epoxide rings is 1. The molecule has 2 fully saturated rings. The van der Waals surface area contributed by atoms with Crippen LogP contribution in [0.1, 0.15) is 80.1 Å². The Labute approximate surface area is 287 Å². The maximum Gasteiger partial charge on any atom is 0.407 e. The van der Waals surface area contributed by atoms with Gasteiger partial charge in [0.15, 0.2) is 6.10 Å². The van der Waals surface area contributed by atoms with Gasteiger partial charge in [0, 0.05) is 24.8 Å². The normalized spacial score (nSPS) is 33.5. The Bertz CT molecular complexity index is 1120. The summed E-state index contributed by atoms with van der Waals surface area (Å²) in [7, 11) is 2.20. The standard InChI is InChI=1S/C37H62N2O9/c1-8-30(41)28(5)35-31(46-35)23-25(2)11-9-12-26(3)34-27(4)13-14-32(37(6,44)16-15-29(40)24-33(42)48-34)47-36(43)38-17-10-18-39(7)19-21-45-22-20-39/h9,11-14,25,27-32,34-35,40-41,44H,8,10,15-24H2,1-7H3/p+1/t25-,27+,28-,29-,30+,31-,32+,34-,35-,37-/m1/s1. The van der Waals surface area contributed by atoms with Gasteiger partial charge in [0.2, 0.25) is 0 Å². The summed E-state index contributed by atoms with van der Waals surface area (Å²) >= 11 is 0. The van der Waals surface area contributed by atoms with Crippen molar-refractivity contribution in [3.63, 3.8) is 0 Å². The van der Waals surface area contributed by atoms with Gasteiger partial charge in [-0.3, -0.25) is 4.79 Å². The molecule has 0 unspecified atom stereocenters. The number of amides is 1. The molecule has 3 rings (SSSR count). The summed E-state index contributed by atoms with van der Waals surface area (Å²) in [5, 5.41) is 34.9. The van der Waals surface area contributed by atoms with E-state index in [0.29, 0.717) is 13.0 Å². The number of allylic oxidation sites excluding steroid dienone is 3. The number of alkyl carbamates (subject to hydrolysis) is 1. The predicted molar refractivity (Wildman–Crippen MR) is 184 cm³/mol. The lowest BCUT2D eigenvalue weighted by Crippen LogP contribution is -2.53. The van der Waals surface area contributed by atoms with Gasteiger partial charge in [-0.15, -0.1) is 0 Å². The van der Waals surface area contributed by atoms with E-state index < -0.39 is 36.0 Å². The summed E-state index contributed by atoms with van der Waals surface area (Å²) in [6, 6.07) is 0. The van der Waals surface area contributed by atoms with Gasteiger partial charge in [-0.05, 0) is 57.1 Å². The highest BCUT2D eigenvalue weighted by molar-refractivity contribution is 5.70. The Morgan fingerprint density at radius 1 is 1.25 bits per heavy atom. The number of quaternary nitrogens is 1. The average molecular weight is 680 g/mol. The van der Waals surface area contributed by atoms with Crippen LogP contribution in [0.25, 0.3) is 0 Å². The van der Waals surface area contributed by atoms with Crippen LogP contribution >= 0.6 is 0 Å². The van der Waals surface area contributed by atoms with Crippen LogP contribution in [-0.2, 0) is 23.7 Å². The molecule has 0 aromatic rings. The van der Waals surface area contributed by atoms with Crippen LogP contribution < -0.4 is 5.32 Å². The van der Waals surface area contributed by atoms with E-state index >= 15 is 0 Å². The number of cyclic esters (lactones) is 1. The minimum atomic E-state index is -1.47. The van der Waals surface area contributed by atoms with Crippen molar-refractivity contribution in [2.45, 2.75) is 122 Å². The summed E-state index contributed by atoms with van der Waals surface area (Å²) < 4.78 is 23.8. The first-order valence-corrected chi connectivity index (χ1v) is 18.0. The topological polar surface area (TPSA) is 147 Å². The van der Waals surface area contributed by atoms with Crippen molar-refractivity contribution in [3.8, 4) is 0 Å². The van der Waals surface area contributed by atoms with Crippen LogP contribution in [0.3, 0.4) is 0 Å². The van der Waals surface area contributed by atoms with Crippen LogP contribution in [0, 0.1) is 17.8 Å². The predicted octanol–water partition coefficient (Wildman–Crippen LogP) is 4.05. The van der Waals surface area contributed by atoms with Crippen LogP contribution in [0.2, 0.25) is 0 Å². The van der Waals surface area contributed by atoms with Gasteiger partial charge in [0.25, 0.3) is 0 Å². The summed E-state index contributed by atoms with van der Waals surface area (Å²) in [6.45, 7) is 16.3. The molecule has 0 spiro atoms. The zero-order chi connectivity index (χ0) is 35.5. The molecule has 0 bridgehead atoms. The molecule has 0 radical (unpaired) electrons. The highest BCUT2D eigenvalue weighted by atomic mass is 16.6. The maximum absolute atomic E-state index is 12.8. The number of aliphatic hydroxyl groups is 3. The Morgan fingerprint density at radius 3 is 2.65 bits per heavy atom. The Hall–Kier alpha value is -2.28. The fourth-order valence-corrected chi connectivity index (χ4v) is 6.60. The van der Waals surface area contributed by atoms with Crippen molar-refractivity contribution < 1.29 is 48.3 Å². The molecule has 11 heteroatoms. The van der Waals surface area contributed by atoms with Gasteiger partial charge in [-0.25, -0.2) is 4.79 Å². The number of hydrogen-bond donors (Lipinski definition) is 4. The molecule has 274 valence electrons. The van der Waals surface area contributed by atoms with Gasteiger partial charge < -0.3 is 44.1 Å². The number of esters is 1. The first-order valence-electron chi connectivity index (χ1n) is 18.0. The van der Waals surface area contributed by atoms with Crippen LogP contribution in [0.4, 0.5) is 4.79 Å². The van der Waals surface area contributed by atoms with Crippen LogP contribution in [0.15, 0.2) is 36.0 Å². The van der Waals surface area contributed by atoms with Gasteiger partial charge >= 0.3 is 12.1 Å². The van der Waals surface area contributed by atoms with E-state index in [1.54, 1.807) is 13.0 Å². The lowest BCUT2D eigenvalue weighted by atomic mass is 9.88. The number of carbonyl (C=O) groups is 2. The minimum absolute atomic E-state index is 0.0939. The van der Waals surface area contributed by atoms with Gasteiger partial charge in [0.1, 0.15) is 24.8 Å². The summed E-state index contributed by atoms with van der Waals surface area (Å²) in [4.78, 5) is 25.7. The maximum atomic E-state index is 12.8. The third-order valence-electron chi connectivity index (χ3n) is 10.3. The molecule has 3 aliphatic heterocycles. The van der Waals surface area contributed by atoms with E-state index in [0.717, 1.165) is 55.7 Å². The molecule has 0 aromatic heterocycles. The molecule has 2 saturated heterocycles. The number of morpholine rings is 1. The number of rotatable bonds is 13. The molecular weight excluding hydrogens is 616 g/mol. The second-order valence-electron chi connectivity index (χ2n) is 14.9. The molecule has 48 heavy (non-hydrogen) atoms. The van der Waals surface area contributed by atoms with Crippen LogP contribution in [0.5, 0.6) is 0 Å². The number of aliphatic hydroxyl groups excluding tert-OH is 2. The number of ether oxygens (including phenoxy) is 4. The molecule has 0 saturated carbocycles. The summed E-state index contributed by atoms with van der Waals surface area (Å²) in [5.41, 5.74) is -0.658. The molecule has 11 nitrogen and oxygen atoms in total. The van der Waals surface area contributed by atoms with E-state index in [2.05, 4.69) is 25.4 Å². The molecular formula is C37H63N2O9+. The number of hydrogen-bond acceptors (Lipinski definition) is 9. The van der Waals surface area contributed by atoms with E-state index in [-0.39, 0.29) is 55.3 Å². The van der Waals surface area contributed by atoms with Crippen molar-refractivity contribution in [1.82, 2.24) is 5.32 Å². The fraction of sp³-hybridized carbons (Fsp3) is 0.784. The van der Waals surface area contributed by atoms with Gasteiger partial charge in [0.05, 0.1) is 57.6 Å². The number of nitrogens with one attached hydrogen (secondary N) is 1. The molecule has 4 N–H and O–H groups in total. The minimum Gasteiger partial charge on any atom is -0.457 e. The largest absolute Gasteiger partial charge is 0.457 e. The Kier molecular flexibility index (Phi) is 15.6. The Morgan fingerprint density at radius 2 is 1.96 bits per heavy atom. The monoisotopic (exact) mass is 679 g/mol. The molecule has 3 heterocycles. The fourth-order valence-electron chi connectivity index (χ4n) is 6.60. The SMILES string of the molecule is CC[C@H](O)[C@@H](C)[C@H]1O[C@@H]1C[C@H](C)C=CC=C(C)[C@H]1OC(=O)C[C@H](O)CC[C@@](C)(O)[C@@H](OC(=O)NCCC[N+]2(C)CCOCC2)C=C[C@@H]1C. The third-order valence-corrected chi connectivity index (χ3v) is 10.3. The third kappa shape index (κ3) is 12.9. The van der Waals surface area contributed by atoms with Crippen molar-refractivity contribution in [2.24, 2.45) is 17.8 Å². The van der Waals surface area contributed by atoms with Gasteiger partial charge in [-0.2, -0.15) is 0 Å². The number of likely N-dealkylation sites (N-methyl/N-ethyl adjacent to an activating group) is 1. The molecule has 10 atom stereocenters. The summed E-state index contributed by atoms with van der Waals surface area (Å²) in [6.07, 6.45) is 8.49. The van der Waals surface area contributed by atoms with Crippen molar-refractivity contribution in [3.05, 3.63) is 36.0 Å². The zero-order valence-corrected chi connectivity index (χ0v) is 30.3. The highest BCUT2D eigenvalue weighted by Gasteiger charge is 2.45. The van der Waals surface area contributed by atoms with Crippen molar-refractivity contribution >= 4 is 12.1 Å². The zero-order valence-electron chi connectivity index (χ0n) is 30.3. The van der Waals surface area contributed by atoms with E-state index in [4.69, 9.17) is 18.9 Å². The second kappa shape index (κ2) is 18.6.